The summed E-state index contributed by atoms with van der Waals surface area (Å²) in [5.41, 5.74) is 0. The molecule has 2 amide bonds. The number of likely N-dealkylation sites (N-methyl/N-ethyl adjacent to an activating group) is 1. The number of amides is 2. The summed E-state index contributed by atoms with van der Waals surface area (Å²) in [6, 6.07) is 0.671. The molecule has 6 nitrogen and oxygen atoms in total. The zero-order chi connectivity index (χ0) is 17.1. The van der Waals surface area contributed by atoms with E-state index < -0.39 is 0 Å². The standard InChI is InChI=1S/C18H32N4O2.2ClH/c1-3-21-8-4-5-15(21)12-22-11-14(9-17(22)23)18(24)20-16-10-19-7-6-13(16)2;;/h13-16,19H,3-12H2,1-2H3,(H,20,24);2*1H. The maximum atomic E-state index is 12.6. The van der Waals surface area contributed by atoms with Gasteiger partial charge in [0.15, 0.2) is 0 Å². The van der Waals surface area contributed by atoms with Crippen molar-refractivity contribution < 1.29 is 9.59 Å². The van der Waals surface area contributed by atoms with Gasteiger partial charge in [0.25, 0.3) is 0 Å². The van der Waals surface area contributed by atoms with Crippen LogP contribution in [0.3, 0.4) is 0 Å². The maximum Gasteiger partial charge on any atom is 0.225 e. The summed E-state index contributed by atoms with van der Waals surface area (Å²) in [5.74, 6) is 0.529. The predicted octanol–water partition coefficient (Wildman–Crippen LogP) is 1.28. The number of carbonyl (C=O) groups is 2. The van der Waals surface area contributed by atoms with E-state index in [2.05, 4.69) is 29.4 Å². The third kappa shape index (κ3) is 5.47. The van der Waals surface area contributed by atoms with Crippen LogP contribution in [0.1, 0.15) is 39.5 Å². The van der Waals surface area contributed by atoms with Crippen molar-refractivity contribution >= 4 is 36.6 Å². The molecule has 3 heterocycles. The van der Waals surface area contributed by atoms with E-state index >= 15 is 0 Å². The molecule has 4 unspecified atom stereocenters. The first-order valence-electron chi connectivity index (χ1n) is 9.61. The van der Waals surface area contributed by atoms with Crippen molar-refractivity contribution in [2.45, 2.75) is 51.6 Å². The van der Waals surface area contributed by atoms with Gasteiger partial charge in [-0.2, -0.15) is 0 Å². The number of likely N-dealkylation sites (tertiary alicyclic amines) is 2. The van der Waals surface area contributed by atoms with E-state index in [0.29, 0.717) is 24.9 Å². The van der Waals surface area contributed by atoms with Gasteiger partial charge < -0.3 is 15.5 Å². The lowest BCUT2D eigenvalue weighted by Crippen LogP contribution is -2.51. The molecule has 8 heteroatoms. The summed E-state index contributed by atoms with van der Waals surface area (Å²) in [6.45, 7) is 9.80. The third-order valence-electron chi connectivity index (χ3n) is 6.08. The van der Waals surface area contributed by atoms with Gasteiger partial charge in [0.1, 0.15) is 0 Å². The van der Waals surface area contributed by atoms with E-state index in [4.69, 9.17) is 0 Å². The third-order valence-corrected chi connectivity index (χ3v) is 6.08. The lowest BCUT2D eigenvalue weighted by molar-refractivity contribution is -0.129. The number of hydrogen-bond donors (Lipinski definition) is 2. The highest BCUT2D eigenvalue weighted by Gasteiger charge is 2.37. The molecule has 2 N–H and O–H groups in total. The second-order valence-corrected chi connectivity index (χ2v) is 7.71. The van der Waals surface area contributed by atoms with E-state index in [-0.39, 0.29) is 48.6 Å². The first-order chi connectivity index (χ1) is 11.6. The van der Waals surface area contributed by atoms with Gasteiger partial charge in [-0.1, -0.05) is 13.8 Å². The van der Waals surface area contributed by atoms with Crippen LogP contribution < -0.4 is 10.6 Å². The molecular weight excluding hydrogens is 375 g/mol. The lowest BCUT2D eigenvalue weighted by atomic mass is 9.94. The Balaban J connectivity index is 0.00000169. The van der Waals surface area contributed by atoms with Crippen molar-refractivity contribution in [1.29, 1.82) is 0 Å². The van der Waals surface area contributed by atoms with Gasteiger partial charge >= 0.3 is 0 Å². The summed E-state index contributed by atoms with van der Waals surface area (Å²) in [4.78, 5) is 29.3. The summed E-state index contributed by atoms with van der Waals surface area (Å²) in [7, 11) is 0. The molecule has 3 fully saturated rings. The van der Waals surface area contributed by atoms with Gasteiger partial charge in [0.2, 0.25) is 11.8 Å². The first-order valence-corrected chi connectivity index (χ1v) is 9.61. The van der Waals surface area contributed by atoms with Gasteiger partial charge in [-0.25, -0.2) is 0 Å². The Morgan fingerprint density at radius 2 is 2.08 bits per heavy atom. The average Bonchev–Trinajstić information content (AvgIpc) is 3.17. The smallest absolute Gasteiger partial charge is 0.225 e. The molecule has 3 aliphatic heterocycles. The van der Waals surface area contributed by atoms with E-state index in [1.165, 1.54) is 12.8 Å². The van der Waals surface area contributed by atoms with Crippen molar-refractivity contribution in [3.63, 3.8) is 0 Å². The molecule has 0 aromatic rings. The van der Waals surface area contributed by atoms with Gasteiger partial charge in [-0.15, -0.1) is 24.8 Å². The van der Waals surface area contributed by atoms with Crippen LogP contribution in [0.2, 0.25) is 0 Å². The molecule has 152 valence electrons. The monoisotopic (exact) mass is 408 g/mol. The fourth-order valence-electron chi connectivity index (χ4n) is 4.38. The molecule has 0 aromatic heterocycles. The number of rotatable bonds is 5. The summed E-state index contributed by atoms with van der Waals surface area (Å²) >= 11 is 0. The Morgan fingerprint density at radius 1 is 1.31 bits per heavy atom. The minimum Gasteiger partial charge on any atom is -0.352 e. The largest absolute Gasteiger partial charge is 0.352 e. The van der Waals surface area contributed by atoms with Crippen molar-refractivity contribution in [3.8, 4) is 0 Å². The van der Waals surface area contributed by atoms with Crippen LogP contribution in [0.25, 0.3) is 0 Å². The summed E-state index contributed by atoms with van der Waals surface area (Å²) in [6.07, 6.45) is 3.85. The van der Waals surface area contributed by atoms with Crippen LogP contribution in [0.5, 0.6) is 0 Å². The van der Waals surface area contributed by atoms with Crippen LogP contribution in [-0.2, 0) is 9.59 Å². The Morgan fingerprint density at radius 3 is 2.77 bits per heavy atom. The van der Waals surface area contributed by atoms with Crippen LogP contribution in [0, 0.1) is 11.8 Å². The molecule has 26 heavy (non-hydrogen) atoms. The van der Waals surface area contributed by atoms with Crippen LogP contribution in [-0.4, -0.2) is 73.0 Å². The van der Waals surface area contributed by atoms with E-state index in [9.17, 15) is 9.59 Å². The number of nitrogens with zero attached hydrogens (tertiary/aromatic N) is 2. The van der Waals surface area contributed by atoms with Gasteiger partial charge in [-0.05, 0) is 44.8 Å². The molecule has 0 aromatic carbocycles. The minimum absolute atomic E-state index is 0. The van der Waals surface area contributed by atoms with Crippen LogP contribution >= 0.6 is 24.8 Å². The second-order valence-electron chi connectivity index (χ2n) is 7.71. The Labute approximate surface area is 169 Å². The second kappa shape index (κ2) is 10.7. The normalized spacial score (nSPS) is 32.1. The van der Waals surface area contributed by atoms with Crippen molar-refractivity contribution in [2.75, 3.05) is 39.3 Å². The van der Waals surface area contributed by atoms with E-state index in [1.54, 1.807) is 0 Å². The number of nitrogens with one attached hydrogen (secondary N) is 2. The highest BCUT2D eigenvalue weighted by Crippen LogP contribution is 2.23. The lowest BCUT2D eigenvalue weighted by Gasteiger charge is -2.31. The molecule has 4 atom stereocenters. The van der Waals surface area contributed by atoms with Gasteiger partial charge in [-0.3, -0.25) is 14.5 Å². The highest BCUT2D eigenvalue weighted by atomic mass is 35.5. The molecule has 0 radical (unpaired) electrons. The maximum absolute atomic E-state index is 12.6. The molecule has 3 saturated heterocycles. The SMILES string of the molecule is CCN1CCCC1CN1CC(C(=O)NC2CNCCC2C)CC1=O.Cl.Cl. The molecule has 0 aliphatic carbocycles. The van der Waals surface area contributed by atoms with E-state index in [1.807, 2.05) is 4.90 Å². The van der Waals surface area contributed by atoms with E-state index in [0.717, 1.165) is 39.1 Å². The molecule has 0 saturated carbocycles. The Bertz CT molecular complexity index is 480. The number of piperidine rings is 1. The van der Waals surface area contributed by atoms with Crippen molar-refractivity contribution in [3.05, 3.63) is 0 Å². The zero-order valence-corrected chi connectivity index (χ0v) is 17.5. The summed E-state index contributed by atoms with van der Waals surface area (Å²) in [5, 5.41) is 6.52. The predicted molar refractivity (Wildman–Crippen MR) is 108 cm³/mol. The van der Waals surface area contributed by atoms with Crippen molar-refractivity contribution in [1.82, 2.24) is 20.4 Å². The topological polar surface area (TPSA) is 64.7 Å². The average molecular weight is 409 g/mol. The molecule has 0 spiro atoms. The first kappa shape index (κ1) is 23.5. The van der Waals surface area contributed by atoms with Crippen molar-refractivity contribution in [2.24, 2.45) is 11.8 Å². The molecule has 0 bridgehead atoms. The molecular formula is C18H34Cl2N4O2. The van der Waals surface area contributed by atoms with Gasteiger partial charge in [0, 0.05) is 38.1 Å². The number of hydrogen-bond acceptors (Lipinski definition) is 4. The van der Waals surface area contributed by atoms with Crippen LogP contribution in [0.15, 0.2) is 0 Å². The zero-order valence-electron chi connectivity index (χ0n) is 15.9. The Kier molecular flexibility index (Phi) is 9.65. The van der Waals surface area contributed by atoms with Gasteiger partial charge in [0.05, 0.1) is 5.92 Å². The number of carbonyl (C=O) groups excluding carboxylic acids is 2. The summed E-state index contributed by atoms with van der Waals surface area (Å²) < 4.78 is 0. The Hall–Kier alpha value is -0.560. The fourth-order valence-corrected chi connectivity index (χ4v) is 4.38. The molecule has 3 aliphatic rings. The fraction of sp³-hybridized carbons (Fsp3) is 0.889. The highest BCUT2D eigenvalue weighted by molar-refractivity contribution is 5.89. The molecule has 3 rings (SSSR count). The quantitative estimate of drug-likeness (QED) is 0.718. The van der Waals surface area contributed by atoms with Crippen LogP contribution in [0.4, 0.5) is 0 Å². The number of halogens is 2. The minimum atomic E-state index is -0.178.